The molecule has 6 heteroatoms. The number of nitrogens with two attached hydrogens (primary N) is 2. The van der Waals surface area contributed by atoms with E-state index < -0.39 is 17.5 Å². The van der Waals surface area contributed by atoms with Crippen LogP contribution in [0.5, 0.6) is 0 Å². The minimum absolute atomic E-state index is 0.0391. The topological polar surface area (TPSA) is 72.4 Å². The zero-order chi connectivity index (χ0) is 13.3. The monoisotopic (exact) mass is 255 g/mol. The van der Waals surface area contributed by atoms with E-state index in [1.54, 1.807) is 0 Å². The van der Waals surface area contributed by atoms with Crippen LogP contribution in [0.1, 0.15) is 12.8 Å². The average Bonchev–Trinajstić information content (AvgIpc) is 2.28. The van der Waals surface area contributed by atoms with Crippen LogP contribution in [0.4, 0.5) is 20.2 Å². The lowest BCUT2D eigenvalue weighted by molar-refractivity contribution is -0.122. The molecule has 1 saturated heterocycles. The first-order valence-corrected chi connectivity index (χ1v) is 5.78. The molecule has 1 amide bonds. The Hall–Kier alpha value is -1.85. The minimum atomic E-state index is -0.711. The van der Waals surface area contributed by atoms with E-state index >= 15 is 0 Å². The lowest BCUT2D eigenvalue weighted by Gasteiger charge is -2.33. The van der Waals surface area contributed by atoms with Crippen LogP contribution in [0.2, 0.25) is 0 Å². The van der Waals surface area contributed by atoms with E-state index in [2.05, 4.69) is 0 Å². The first kappa shape index (κ1) is 12.6. The maximum absolute atomic E-state index is 13.7. The number of primary amides is 1. The molecule has 1 aromatic rings. The summed E-state index contributed by atoms with van der Waals surface area (Å²) < 4.78 is 27.5. The van der Waals surface area contributed by atoms with Gasteiger partial charge in [0, 0.05) is 18.8 Å². The summed E-state index contributed by atoms with van der Waals surface area (Å²) in [5.74, 6) is -2.22. The Balaban J connectivity index is 2.29. The third kappa shape index (κ3) is 2.37. The SMILES string of the molecule is NC(=O)C1CCCN(c2c(F)cc(N)cc2F)C1. The summed E-state index contributed by atoms with van der Waals surface area (Å²) in [5.41, 5.74) is 10.5. The van der Waals surface area contributed by atoms with Gasteiger partial charge in [-0.05, 0) is 25.0 Å². The number of anilines is 2. The van der Waals surface area contributed by atoms with Gasteiger partial charge in [0.15, 0.2) is 11.6 Å². The number of nitrogen functional groups attached to an aromatic ring is 1. The Morgan fingerprint density at radius 1 is 1.33 bits per heavy atom. The van der Waals surface area contributed by atoms with Crippen LogP contribution >= 0.6 is 0 Å². The van der Waals surface area contributed by atoms with E-state index in [-0.39, 0.29) is 23.8 Å². The number of carbonyl (C=O) groups excluding carboxylic acids is 1. The second kappa shape index (κ2) is 4.80. The first-order chi connectivity index (χ1) is 8.49. The molecule has 4 N–H and O–H groups in total. The van der Waals surface area contributed by atoms with E-state index in [1.165, 1.54) is 4.90 Å². The minimum Gasteiger partial charge on any atom is -0.399 e. The van der Waals surface area contributed by atoms with Gasteiger partial charge in [-0.3, -0.25) is 4.79 Å². The first-order valence-electron chi connectivity index (χ1n) is 5.78. The molecular formula is C12H15F2N3O. The van der Waals surface area contributed by atoms with Crippen LogP contribution in [0, 0.1) is 17.6 Å². The molecule has 1 aliphatic heterocycles. The summed E-state index contributed by atoms with van der Waals surface area (Å²) in [6.45, 7) is 0.745. The van der Waals surface area contributed by atoms with Gasteiger partial charge in [-0.1, -0.05) is 0 Å². The number of amides is 1. The second-order valence-electron chi connectivity index (χ2n) is 4.52. The normalized spacial score (nSPS) is 19.9. The summed E-state index contributed by atoms with van der Waals surface area (Å²) in [6, 6.07) is 2.15. The van der Waals surface area contributed by atoms with E-state index in [1.807, 2.05) is 0 Å². The average molecular weight is 255 g/mol. The molecule has 0 bridgehead atoms. The summed E-state index contributed by atoms with van der Waals surface area (Å²) in [5, 5.41) is 0. The molecule has 1 fully saturated rings. The Morgan fingerprint density at radius 3 is 2.50 bits per heavy atom. The van der Waals surface area contributed by atoms with Crippen molar-refractivity contribution in [3.63, 3.8) is 0 Å². The third-order valence-corrected chi connectivity index (χ3v) is 3.18. The maximum Gasteiger partial charge on any atom is 0.222 e. The number of carbonyl (C=O) groups is 1. The molecule has 0 aromatic heterocycles. The van der Waals surface area contributed by atoms with Crippen molar-refractivity contribution in [2.45, 2.75) is 12.8 Å². The molecule has 18 heavy (non-hydrogen) atoms. The zero-order valence-corrected chi connectivity index (χ0v) is 9.83. The molecule has 1 aromatic carbocycles. The van der Waals surface area contributed by atoms with Gasteiger partial charge in [-0.15, -0.1) is 0 Å². The molecule has 1 unspecified atom stereocenters. The van der Waals surface area contributed by atoms with Gasteiger partial charge in [-0.2, -0.15) is 0 Å². The zero-order valence-electron chi connectivity index (χ0n) is 9.83. The molecule has 2 rings (SSSR count). The molecule has 1 heterocycles. The molecule has 0 aliphatic carbocycles. The van der Waals surface area contributed by atoms with Crippen LogP contribution in [-0.2, 0) is 4.79 Å². The Labute approximate surface area is 104 Å². The van der Waals surface area contributed by atoms with Crippen molar-refractivity contribution in [1.82, 2.24) is 0 Å². The predicted octanol–water partition coefficient (Wildman–Crippen LogP) is 1.25. The Bertz CT molecular complexity index is 455. The second-order valence-corrected chi connectivity index (χ2v) is 4.52. The van der Waals surface area contributed by atoms with Crippen LogP contribution < -0.4 is 16.4 Å². The smallest absolute Gasteiger partial charge is 0.222 e. The highest BCUT2D eigenvalue weighted by Crippen LogP contribution is 2.29. The predicted molar refractivity (Wildman–Crippen MR) is 64.9 cm³/mol. The van der Waals surface area contributed by atoms with Crippen molar-refractivity contribution in [3.8, 4) is 0 Å². The molecule has 1 aliphatic rings. The maximum atomic E-state index is 13.7. The number of benzene rings is 1. The van der Waals surface area contributed by atoms with Crippen molar-refractivity contribution in [2.24, 2.45) is 11.7 Å². The van der Waals surface area contributed by atoms with Gasteiger partial charge in [-0.25, -0.2) is 8.78 Å². The lowest BCUT2D eigenvalue weighted by Crippen LogP contribution is -2.41. The Kier molecular flexibility index (Phi) is 3.36. The van der Waals surface area contributed by atoms with Crippen LogP contribution in [-0.4, -0.2) is 19.0 Å². The molecule has 0 saturated carbocycles. The van der Waals surface area contributed by atoms with Crippen LogP contribution in [0.25, 0.3) is 0 Å². The van der Waals surface area contributed by atoms with E-state index in [4.69, 9.17) is 11.5 Å². The van der Waals surface area contributed by atoms with E-state index in [0.29, 0.717) is 19.4 Å². The van der Waals surface area contributed by atoms with Gasteiger partial charge in [0.05, 0.1) is 5.92 Å². The number of rotatable bonds is 2. The van der Waals surface area contributed by atoms with Crippen molar-refractivity contribution in [2.75, 3.05) is 23.7 Å². The van der Waals surface area contributed by atoms with Gasteiger partial charge in [0.1, 0.15) is 5.69 Å². The molecule has 0 spiro atoms. The third-order valence-electron chi connectivity index (χ3n) is 3.18. The fourth-order valence-corrected chi connectivity index (χ4v) is 2.30. The Morgan fingerprint density at radius 2 is 1.94 bits per heavy atom. The highest BCUT2D eigenvalue weighted by atomic mass is 19.1. The van der Waals surface area contributed by atoms with Crippen LogP contribution in [0.15, 0.2) is 12.1 Å². The standard InChI is InChI=1S/C12H15F2N3O/c13-9-4-8(15)5-10(14)11(9)17-3-1-2-7(6-17)12(16)18/h4-5,7H,1-3,6,15H2,(H2,16,18). The number of piperidine rings is 1. The molecule has 1 atom stereocenters. The fourth-order valence-electron chi connectivity index (χ4n) is 2.30. The number of hydrogen-bond acceptors (Lipinski definition) is 3. The van der Waals surface area contributed by atoms with Crippen molar-refractivity contribution in [1.29, 1.82) is 0 Å². The highest BCUT2D eigenvalue weighted by molar-refractivity contribution is 5.77. The summed E-state index contributed by atoms with van der Waals surface area (Å²) >= 11 is 0. The summed E-state index contributed by atoms with van der Waals surface area (Å²) in [4.78, 5) is 12.7. The van der Waals surface area contributed by atoms with Crippen molar-refractivity contribution in [3.05, 3.63) is 23.8 Å². The van der Waals surface area contributed by atoms with Crippen molar-refractivity contribution < 1.29 is 13.6 Å². The van der Waals surface area contributed by atoms with E-state index in [0.717, 1.165) is 12.1 Å². The van der Waals surface area contributed by atoms with Gasteiger partial charge < -0.3 is 16.4 Å². The van der Waals surface area contributed by atoms with Crippen molar-refractivity contribution >= 4 is 17.3 Å². The van der Waals surface area contributed by atoms with Crippen LogP contribution in [0.3, 0.4) is 0 Å². The van der Waals surface area contributed by atoms with E-state index in [9.17, 15) is 13.6 Å². The number of nitrogens with zero attached hydrogens (tertiary/aromatic N) is 1. The van der Waals surface area contributed by atoms with Gasteiger partial charge in [0.2, 0.25) is 5.91 Å². The molecule has 4 nitrogen and oxygen atoms in total. The lowest BCUT2D eigenvalue weighted by atomic mass is 9.97. The molecule has 0 radical (unpaired) electrons. The molecular weight excluding hydrogens is 240 g/mol. The van der Waals surface area contributed by atoms with Gasteiger partial charge in [0.25, 0.3) is 0 Å². The quantitative estimate of drug-likeness (QED) is 0.781. The number of halogens is 2. The number of hydrogen-bond donors (Lipinski definition) is 2. The largest absolute Gasteiger partial charge is 0.399 e. The highest BCUT2D eigenvalue weighted by Gasteiger charge is 2.27. The summed E-state index contributed by atoms with van der Waals surface area (Å²) in [6.07, 6.45) is 1.33. The van der Waals surface area contributed by atoms with Gasteiger partial charge >= 0.3 is 0 Å². The fraction of sp³-hybridized carbons (Fsp3) is 0.417. The summed E-state index contributed by atoms with van der Waals surface area (Å²) in [7, 11) is 0. The molecule has 98 valence electrons.